The summed E-state index contributed by atoms with van der Waals surface area (Å²) in [6.07, 6.45) is 0. The van der Waals surface area contributed by atoms with Crippen LogP contribution in [-0.4, -0.2) is 22.1 Å². The number of aromatic carboxylic acids is 1. The molecule has 2 rings (SSSR count). The third-order valence-electron chi connectivity index (χ3n) is 2.92. The fourth-order valence-electron chi connectivity index (χ4n) is 1.81. The summed E-state index contributed by atoms with van der Waals surface area (Å²) in [6, 6.07) is 8.43. The Morgan fingerprint density at radius 1 is 1.14 bits per heavy atom. The minimum absolute atomic E-state index is 0.0671. The number of phenols is 1. The zero-order valence-electron chi connectivity index (χ0n) is 11.1. The largest absolute Gasteiger partial charge is 0.508 e. The van der Waals surface area contributed by atoms with E-state index in [9.17, 15) is 14.7 Å². The highest BCUT2D eigenvalue weighted by Gasteiger charge is 2.13. The number of carbonyl (C=O) groups is 2. The Morgan fingerprint density at radius 3 is 2.48 bits per heavy atom. The molecule has 21 heavy (non-hydrogen) atoms. The highest BCUT2D eigenvalue weighted by atomic mass is 35.5. The normalized spacial score (nSPS) is 10.2. The number of aryl methyl sites for hydroxylation is 1. The Bertz CT molecular complexity index is 728. The molecule has 0 saturated carbocycles. The summed E-state index contributed by atoms with van der Waals surface area (Å²) in [4.78, 5) is 23.0. The van der Waals surface area contributed by atoms with Gasteiger partial charge in [0.1, 0.15) is 5.75 Å². The number of hydrogen-bond donors (Lipinski definition) is 3. The third kappa shape index (κ3) is 3.32. The van der Waals surface area contributed by atoms with Crippen LogP contribution in [0.15, 0.2) is 36.4 Å². The van der Waals surface area contributed by atoms with Gasteiger partial charge in [-0.1, -0.05) is 11.6 Å². The molecule has 0 aliphatic heterocycles. The van der Waals surface area contributed by atoms with E-state index in [-0.39, 0.29) is 21.9 Å². The second kappa shape index (κ2) is 5.85. The van der Waals surface area contributed by atoms with Crippen molar-refractivity contribution >= 4 is 29.2 Å². The van der Waals surface area contributed by atoms with Gasteiger partial charge in [-0.25, -0.2) is 4.79 Å². The van der Waals surface area contributed by atoms with E-state index in [1.165, 1.54) is 36.4 Å². The average molecular weight is 306 g/mol. The van der Waals surface area contributed by atoms with Gasteiger partial charge in [0.05, 0.1) is 16.1 Å². The fourth-order valence-corrected chi connectivity index (χ4v) is 2.02. The molecule has 0 radical (unpaired) electrons. The van der Waals surface area contributed by atoms with Crippen LogP contribution >= 0.6 is 11.6 Å². The van der Waals surface area contributed by atoms with Crippen LogP contribution in [0, 0.1) is 6.92 Å². The van der Waals surface area contributed by atoms with Crippen molar-refractivity contribution in [3.8, 4) is 5.75 Å². The van der Waals surface area contributed by atoms with Crippen LogP contribution in [0.4, 0.5) is 5.69 Å². The van der Waals surface area contributed by atoms with Crippen molar-refractivity contribution in [3.05, 3.63) is 58.1 Å². The van der Waals surface area contributed by atoms with E-state index >= 15 is 0 Å². The Balaban J connectivity index is 2.27. The van der Waals surface area contributed by atoms with Gasteiger partial charge in [0, 0.05) is 5.69 Å². The van der Waals surface area contributed by atoms with Crippen LogP contribution in [0.2, 0.25) is 5.02 Å². The molecule has 6 heteroatoms. The van der Waals surface area contributed by atoms with E-state index in [0.29, 0.717) is 11.3 Å². The lowest BCUT2D eigenvalue weighted by molar-refractivity contribution is 0.0696. The molecular formula is C15H12ClNO4. The molecule has 108 valence electrons. The summed E-state index contributed by atoms with van der Waals surface area (Å²) < 4.78 is 0. The standard InChI is InChI=1S/C15H12ClNO4/c1-8-6-9(15(20)21)2-5-13(8)17-14(19)11-7-10(18)3-4-12(11)16/h2-7,18H,1H3,(H,17,19)(H,20,21). The summed E-state index contributed by atoms with van der Waals surface area (Å²) in [5.41, 5.74) is 1.36. The first-order valence-corrected chi connectivity index (χ1v) is 6.40. The number of rotatable bonds is 3. The van der Waals surface area contributed by atoms with E-state index < -0.39 is 11.9 Å². The molecule has 2 aromatic carbocycles. The summed E-state index contributed by atoms with van der Waals surface area (Å²) in [5.74, 6) is -1.59. The molecule has 0 unspecified atom stereocenters. The van der Waals surface area contributed by atoms with Gasteiger partial charge < -0.3 is 15.5 Å². The number of aromatic hydroxyl groups is 1. The number of phenolic OH excluding ortho intramolecular Hbond substituents is 1. The maximum Gasteiger partial charge on any atom is 0.335 e. The van der Waals surface area contributed by atoms with Crippen LogP contribution in [0.3, 0.4) is 0 Å². The van der Waals surface area contributed by atoms with Crippen molar-refractivity contribution in [1.29, 1.82) is 0 Å². The number of hydrogen-bond acceptors (Lipinski definition) is 3. The zero-order chi connectivity index (χ0) is 15.6. The maximum atomic E-state index is 12.1. The van der Waals surface area contributed by atoms with Gasteiger partial charge in [0.15, 0.2) is 0 Å². The highest BCUT2D eigenvalue weighted by molar-refractivity contribution is 6.34. The van der Waals surface area contributed by atoms with Crippen LogP contribution < -0.4 is 5.32 Å². The number of nitrogens with one attached hydrogen (secondary N) is 1. The second-order valence-electron chi connectivity index (χ2n) is 4.45. The first kappa shape index (κ1) is 14.9. The van der Waals surface area contributed by atoms with Crippen molar-refractivity contribution in [2.75, 3.05) is 5.32 Å². The Morgan fingerprint density at radius 2 is 1.86 bits per heavy atom. The van der Waals surface area contributed by atoms with Crippen molar-refractivity contribution < 1.29 is 19.8 Å². The lowest BCUT2D eigenvalue weighted by atomic mass is 10.1. The molecule has 0 atom stereocenters. The number of carboxylic acid groups (broad SMARTS) is 1. The van der Waals surface area contributed by atoms with E-state index in [1.54, 1.807) is 6.92 Å². The van der Waals surface area contributed by atoms with Crippen molar-refractivity contribution in [3.63, 3.8) is 0 Å². The van der Waals surface area contributed by atoms with E-state index in [4.69, 9.17) is 16.7 Å². The number of carbonyl (C=O) groups excluding carboxylic acids is 1. The lowest BCUT2D eigenvalue weighted by Crippen LogP contribution is -2.13. The van der Waals surface area contributed by atoms with Gasteiger partial charge in [0.25, 0.3) is 5.91 Å². The van der Waals surface area contributed by atoms with E-state index in [1.807, 2.05) is 0 Å². The number of anilines is 1. The molecule has 0 bridgehead atoms. The van der Waals surface area contributed by atoms with Gasteiger partial charge >= 0.3 is 5.97 Å². The SMILES string of the molecule is Cc1cc(C(=O)O)ccc1NC(=O)c1cc(O)ccc1Cl. The molecule has 3 N–H and O–H groups in total. The minimum Gasteiger partial charge on any atom is -0.508 e. The third-order valence-corrected chi connectivity index (χ3v) is 3.25. The lowest BCUT2D eigenvalue weighted by Gasteiger charge is -2.10. The Kier molecular flexibility index (Phi) is 4.14. The molecule has 1 amide bonds. The number of carboxylic acids is 1. The molecule has 0 aromatic heterocycles. The molecule has 0 spiro atoms. The molecule has 0 fully saturated rings. The van der Waals surface area contributed by atoms with E-state index in [2.05, 4.69) is 5.32 Å². The smallest absolute Gasteiger partial charge is 0.335 e. The van der Waals surface area contributed by atoms with Crippen LogP contribution in [0.25, 0.3) is 0 Å². The van der Waals surface area contributed by atoms with Gasteiger partial charge in [-0.2, -0.15) is 0 Å². The van der Waals surface area contributed by atoms with Gasteiger partial charge in [-0.05, 0) is 48.9 Å². The fraction of sp³-hybridized carbons (Fsp3) is 0.0667. The Labute approximate surface area is 125 Å². The van der Waals surface area contributed by atoms with Crippen molar-refractivity contribution in [2.45, 2.75) is 6.92 Å². The van der Waals surface area contributed by atoms with Gasteiger partial charge in [-0.15, -0.1) is 0 Å². The number of benzene rings is 2. The predicted octanol–water partition coefficient (Wildman–Crippen LogP) is 3.30. The van der Waals surface area contributed by atoms with Crippen molar-refractivity contribution in [1.82, 2.24) is 0 Å². The first-order valence-electron chi connectivity index (χ1n) is 6.02. The van der Waals surface area contributed by atoms with Gasteiger partial charge in [-0.3, -0.25) is 4.79 Å². The minimum atomic E-state index is -1.04. The monoisotopic (exact) mass is 305 g/mol. The topological polar surface area (TPSA) is 86.6 Å². The number of amides is 1. The molecule has 2 aromatic rings. The molecule has 0 aliphatic rings. The zero-order valence-corrected chi connectivity index (χ0v) is 11.8. The summed E-state index contributed by atoms with van der Waals surface area (Å²) >= 11 is 5.91. The molecule has 5 nitrogen and oxygen atoms in total. The summed E-state index contributed by atoms with van der Waals surface area (Å²) in [6.45, 7) is 1.69. The molecule has 0 aliphatic carbocycles. The van der Waals surface area contributed by atoms with Gasteiger partial charge in [0.2, 0.25) is 0 Å². The summed E-state index contributed by atoms with van der Waals surface area (Å²) in [7, 11) is 0. The van der Waals surface area contributed by atoms with Crippen molar-refractivity contribution in [2.24, 2.45) is 0 Å². The molecular weight excluding hydrogens is 294 g/mol. The Hall–Kier alpha value is -2.53. The van der Waals surface area contributed by atoms with Crippen LogP contribution in [0.5, 0.6) is 5.75 Å². The van der Waals surface area contributed by atoms with E-state index in [0.717, 1.165) is 0 Å². The molecule has 0 saturated heterocycles. The summed E-state index contributed by atoms with van der Waals surface area (Å²) in [5, 5.41) is 21.1. The van der Waals surface area contributed by atoms with Crippen LogP contribution in [0.1, 0.15) is 26.3 Å². The second-order valence-corrected chi connectivity index (χ2v) is 4.86. The maximum absolute atomic E-state index is 12.1. The number of halogens is 1. The molecule has 0 heterocycles. The van der Waals surface area contributed by atoms with Crippen LogP contribution in [-0.2, 0) is 0 Å². The average Bonchev–Trinajstić information content (AvgIpc) is 2.43. The highest BCUT2D eigenvalue weighted by Crippen LogP contribution is 2.23. The predicted molar refractivity (Wildman–Crippen MR) is 79.2 cm³/mol. The quantitative estimate of drug-likeness (QED) is 0.812. The first-order chi connectivity index (χ1) is 9.88.